The lowest BCUT2D eigenvalue weighted by Crippen LogP contribution is -2.29. The fraction of sp³-hybridized carbons (Fsp3) is 0.607. The molecule has 0 aliphatic carbocycles. The number of fused-ring (bicyclic) bond motifs is 2. The summed E-state index contributed by atoms with van der Waals surface area (Å²) in [5.41, 5.74) is 3.04. The van der Waals surface area contributed by atoms with Gasteiger partial charge < -0.3 is 25.0 Å². The molecule has 35 heavy (non-hydrogen) atoms. The van der Waals surface area contributed by atoms with Crippen LogP contribution >= 0.6 is 12.6 Å². The first-order valence-electron chi connectivity index (χ1n) is 12.5. The number of hydrogen-bond acceptors (Lipinski definition) is 6. The number of thiol groups is 1. The van der Waals surface area contributed by atoms with Crippen LogP contribution < -0.4 is 5.32 Å². The maximum atomic E-state index is 12.6. The highest BCUT2D eigenvalue weighted by molar-refractivity contribution is 7.79. The van der Waals surface area contributed by atoms with Gasteiger partial charge in [0.05, 0.1) is 12.2 Å². The Hall–Kier alpha value is -1.80. The number of amides is 1. The Morgan fingerprint density at radius 2 is 1.63 bits per heavy atom. The first kappa shape index (κ1) is 33.2. The van der Waals surface area contributed by atoms with Crippen LogP contribution in [0, 0.1) is 0 Å². The summed E-state index contributed by atoms with van der Waals surface area (Å²) in [5.74, 6) is -0.0688. The van der Waals surface area contributed by atoms with Crippen LogP contribution in [0.5, 0.6) is 5.75 Å². The number of nitrogens with one attached hydrogen (secondary N) is 1. The van der Waals surface area contributed by atoms with E-state index < -0.39 is 6.10 Å². The number of carbonyl (C=O) groups is 1. The summed E-state index contributed by atoms with van der Waals surface area (Å²) < 4.78 is 11.1. The van der Waals surface area contributed by atoms with E-state index >= 15 is 0 Å². The average molecular weight is 510 g/mol. The number of phenolic OH excluding ortho intramolecular Hbond substituents is 1. The maximum absolute atomic E-state index is 12.6. The SMILES string of the molecule is CC.COC1CC/C=C(\C)C(O)C(OC)CC/C=C(\C)C(=O)Nc2cc(O)cc(c2)CCC1.CS. The van der Waals surface area contributed by atoms with Gasteiger partial charge in [0.2, 0.25) is 0 Å². The number of aryl methyl sites for hydroxylation is 1. The Morgan fingerprint density at radius 3 is 2.26 bits per heavy atom. The molecule has 2 rings (SSSR count). The molecule has 1 aromatic carbocycles. The fourth-order valence-electron chi connectivity index (χ4n) is 3.91. The molecule has 1 aliphatic heterocycles. The lowest BCUT2D eigenvalue weighted by atomic mass is 9.98. The first-order valence-corrected chi connectivity index (χ1v) is 13.4. The summed E-state index contributed by atoms with van der Waals surface area (Å²) in [4.78, 5) is 12.6. The number of aliphatic hydroxyl groups excluding tert-OH is 1. The average Bonchev–Trinajstić information content (AvgIpc) is 2.86. The van der Waals surface area contributed by atoms with Gasteiger partial charge in [0, 0.05) is 31.5 Å². The normalized spacial score (nSPS) is 25.3. The van der Waals surface area contributed by atoms with E-state index in [2.05, 4.69) is 24.0 Å². The van der Waals surface area contributed by atoms with E-state index in [1.165, 1.54) is 0 Å². The topological polar surface area (TPSA) is 88.0 Å². The predicted molar refractivity (Wildman–Crippen MR) is 150 cm³/mol. The number of methoxy groups -OCH3 is 2. The van der Waals surface area contributed by atoms with E-state index in [0.29, 0.717) is 24.1 Å². The van der Waals surface area contributed by atoms with Crippen LogP contribution in [0.15, 0.2) is 41.5 Å². The Labute approximate surface area is 218 Å². The zero-order chi connectivity index (χ0) is 26.8. The summed E-state index contributed by atoms with van der Waals surface area (Å²) in [6, 6.07) is 5.20. The summed E-state index contributed by atoms with van der Waals surface area (Å²) in [6.07, 6.45) is 10.2. The van der Waals surface area contributed by atoms with Crippen LogP contribution in [0.2, 0.25) is 0 Å². The molecule has 3 unspecified atom stereocenters. The van der Waals surface area contributed by atoms with E-state index in [1.54, 1.807) is 39.5 Å². The number of allylic oxidation sites excluding steroid dienone is 2. The maximum Gasteiger partial charge on any atom is 0.250 e. The number of aliphatic hydroxyl groups is 1. The number of aromatic hydroxyl groups is 1. The minimum atomic E-state index is -0.680. The standard InChI is InChI=1S/C25H37NO5.C2H6.CH4S/c1-17-8-5-11-22(30-3)12-7-10-19-14-20(16-21(27)15-19)26-25(29)18(2)9-6-13-23(31-4)24(17)28;2*1-2/h8-9,14-16,22-24,27-28H,5-7,10-13H2,1-4H3,(H,26,29);1-2H3;2H,1H3/b17-8+,18-9+;;. The van der Waals surface area contributed by atoms with Crippen molar-refractivity contribution >= 4 is 24.2 Å². The quantitative estimate of drug-likeness (QED) is 0.287. The van der Waals surface area contributed by atoms with Crippen LogP contribution in [0.3, 0.4) is 0 Å². The minimum Gasteiger partial charge on any atom is -0.508 e. The Kier molecular flexibility index (Phi) is 18.4. The molecule has 3 atom stereocenters. The van der Waals surface area contributed by atoms with Crippen LogP contribution in [0.4, 0.5) is 5.69 Å². The molecule has 0 saturated heterocycles. The Balaban J connectivity index is 0.00000274. The molecule has 1 aliphatic rings. The zero-order valence-electron chi connectivity index (χ0n) is 22.6. The van der Waals surface area contributed by atoms with Crippen molar-refractivity contribution in [2.24, 2.45) is 0 Å². The van der Waals surface area contributed by atoms with Crippen molar-refractivity contribution in [2.45, 2.75) is 91.0 Å². The van der Waals surface area contributed by atoms with E-state index in [1.807, 2.05) is 32.9 Å². The molecule has 200 valence electrons. The number of hydrogen-bond donors (Lipinski definition) is 4. The Morgan fingerprint density at radius 1 is 0.971 bits per heavy atom. The first-order chi connectivity index (χ1) is 16.8. The van der Waals surface area contributed by atoms with Gasteiger partial charge in [0.1, 0.15) is 11.9 Å². The highest BCUT2D eigenvalue weighted by Crippen LogP contribution is 2.23. The molecule has 1 heterocycles. The summed E-state index contributed by atoms with van der Waals surface area (Å²) >= 11 is 3.53. The van der Waals surface area contributed by atoms with Gasteiger partial charge in [-0.2, -0.15) is 12.6 Å². The molecule has 1 amide bonds. The summed E-state index contributed by atoms with van der Waals surface area (Å²) in [7, 11) is 3.32. The number of rotatable bonds is 2. The lowest BCUT2D eigenvalue weighted by Gasteiger charge is -2.22. The van der Waals surface area contributed by atoms with Crippen molar-refractivity contribution in [3.8, 4) is 5.75 Å². The van der Waals surface area contributed by atoms with Crippen LogP contribution in [-0.4, -0.2) is 54.9 Å². The highest BCUT2D eigenvalue weighted by Gasteiger charge is 2.20. The van der Waals surface area contributed by atoms with Crippen molar-refractivity contribution in [3.63, 3.8) is 0 Å². The molecular formula is C28H47NO5S. The molecular weight excluding hydrogens is 462 g/mol. The van der Waals surface area contributed by atoms with Crippen molar-refractivity contribution in [1.29, 1.82) is 0 Å². The number of phenols is 1. The highest BCUT2D eigenvalue weighted by atomic mass is 32.1. The number of benzene rings is 1. The zero-order valence-corrected chi connectivity index (χ0v) is 23.5. The largest absolute Gasteiger partial charge is 0.508 e. The molecule has 3 N–H and O–H groups in total. The molecule has 0 aromatic heterocycles. The lowest BCUT2D eigenvalue weighted by molar-refractivity contribution is -0.112. The summed E-state index contributed by atoms with van der Waals surface area (Å²) in [5, 5.41) is 23.6. The smallest absolute Gasteiger partial charge is 0.250 e. The molecule has 0 spiro atoms. The van der Waals surface area contributed by atoms with Crippen LogP contribution in [-0.2, 0) is 20.7 Å². The summed E-state index contributed by atoms with van der Waals surface area (Å²) in [6.45, 7) is 7.69. The predicted octanol–water partition coefficient (Wildman–Crippen LogP) is 6.08. The van der Waals surface area contributed by atoms with Crippen LogP contribution in [0.25, 0.3) is 0 Å². The number of carbonyl (C=O) groups excluding carboxylic acids is 1. The second kappa shape index (κ2) is 19.4. The molecule has 1 aromatic rings. The van der Waals surface area contributed by atoms with E-state index in [0.717, 1.165) is 43.2 Å². The molecule has 6 nitrogen and oxygen atoms in total. The van der Waals surface area contributed by atoms with E-state index in [9.17, 15) is 15.0 Å². The van der Waals surface area contributed by atoms with Crippen molar-refractivity contribution in [3.05, 3.63) is 47.1 Å². The van der Waals surface area contributed by atoms with Crippen molar-refractivity contribution < 1.29 is 24.5 Å². The number of ether oxygens (including phenoxy) is 2. The number of anilines is 1. The second-order valence-corrected chi connectivity index (χ2v) is 8.30. The van der Waals surface area contributed by atoms with Gasteiger partial charge in [-0.05, 0) is 88.3 Å². The third-order valence-electron chi connectivity index (χ3n) is 5.90. The van der Waals surface area contributed by atoms with Gasteiger partial charge in [0.25, 0.3) is 5.91 Å². The fourth-order valence-corrected chi connectivity index (χ4v) is 3.91. The van der Waals surface area contributed by atoms with Gasteiger partial charge in [0.15, 0.2) is 0 Å². The third kappa shape index (κ3) is 12.6. The van der Waals surface area contributed by atoms with E-state index in [-0.39, 0.29) is 23.9 Å². The van der Waals surface area contributed by atoms with Crippen molar-refractivity contribution in [1.82, 2.24) is 0 Å². The third-order valence-corrected chi connectivity index (χ3v) is 5.90. The molecule has 0 fully saturated rings. The molecule has 2 bridgehead atoms. The monoisotopic (exact) mass is 509 g/mol. The molecule has 7 heteroatoms. The molecule has 0 radical (unpaired) electrons. The second-order valence-electron chi connectivity index (χ2n) is 8.30. The minimum absolute atomic E-state index is 0.129. The Bertz CT molecular complexity index is 794. The van der Waals surface area contributed by atoms with Gasteiger partial charge in [-0.3, -0.25) is 4.79 Å². The van der Waals surface area contributed by atoms with Crippen LogP contribution in [0.1, 0.15) is 71.8 Å². The van der Waals surface area contributed by atoms with Crippen molar-refractivity contribution in [2.75, 3.05) is 25.8 Å². The van der Waals surface area contributed by atoms with E-state index in [4.69, 9.17) is 9.47 Å². The van der Waals surface area contributed by atoms with Gasteiger partial charge in [-0.1, -0.05) is 26.0 Å². The van der Waals surface area contributed by atoms with Gasteiger partial charge in [-0.15, -0.1) is 0 Å². The van der Waals surface area contributed by atoms with Gasteiger partial charge in [-0.25, -0.2) is 0 Å². The molecule has 0 saturated carbocycles. The van der Waals surface area contributed by atoms with Gasteiger partial charge >= 0.3 is 0 Å².